The number of allylic oxidation sites excluding steroid dienone is 2. The molecule has 0 fully saturated rings. The van der Waals surface area contributed by atoms with Crippen LogP contribution in [0.2, 0.25) is 0 Å². The minimum Gasteiger partial charge on any atom is -0.273 e. The van der Waals surface area contributed by atoms with Gasteiger partial charge in [0.15, 0.2) is 0 Å². The Balaban J connectivity index is 1.94. The average molecular weight is 278 g/mol. The van der Waals surface area contributed by atoms with Crippen molar-refractivity contribution in [3.05, 3.63) is 12.2 Å². The molecular weight excluding hydrogens is 248 g/mol. The zero-order valence-electron chi connectivity index (χ0n) is 12.9. The van der Waals surface area contributed by atoms with Crippen LogP contribution in [0.15, 0.2) is 17.3 Å². The Morgan fingerprint density at radius 1 is 1.20 bits per heavy atom. The third-order valence-electron chi connectivity index (χ3n) is 3.79. The van der Waals surface area contributed by atoms with Crippen molar-refractivity contribution in [3.8, 4) is 0 Å². The molecule has 114 valence electrons. The van der Waals surface area contributed by atoms with Crippen molar-refractivity contribution in [2.45, 2.75) is 77.6 Å². The quantitative estimate of drug-likeness (QED) is 0.270. The van der Waals surface area contributed by atoms with Crippen molar-refractivity contribution in [1.29, 1.82) is 0 Å². The molecule has 1 rings (SSSR count). The number of rotatable bonds is 10. The number of unbranched alkanes of at least 4 members (excludes halogenated alkanes) is 6. The van der Waals surface area contributed by atoms with Crippen molar-refractivity contribution in [2.24, 2.45) is 11.0 Å². The van der Waals surface area contributed by atoms with Crippen molar-refractivity contribution in [1.82, 2.24) is 5.43 Å². The van der Waals surface area contributed by atoms with E-state index in [1.165, 1.54) is 32.1 Å². The predicted octanol–water partition coefficient (Wildman–Crippen LogP) is 4.59. The molecule has 0 saturated carbocycles. The standard InChI is InChI=1S/C17H30N2O/c1-2-3-4-5-6-7-11-14-17(20)19-18-15-16-12-9-8-10-13-16/h8-9,15-16H,2-7,10-14H2,1H3,(H,19,20)/b18-15+. The molecule has 1 atom stereocenters. The van der Waals surface area contributed by atoms with Gasteiger partial charge in [-0.05, 0) is 31.6 Å². The first-order valence-corrected chi connectivity index (χ1v) is 8.30. The Bertz CT molecular complexity index is 310. The molecule has 0 spiro atoms. The first-order chi connectivity index (χ1) is 9.83. The highest BCUT2D eigenvalue weighted by atomic mass is 16.2. The molecule has 1 N–H and O–H groups in total. The lowest BCUT2D eigenvalue weighted by Crippen LogP contribution is -2.18. The maximum atomic E-state index is 11.6. The van der Waals surface area contributed by atoms with Crippen LogP contribution in [-0.2, 0) is 4.79 Å². The smallest absolute Gasteiger partial charge is 0.240 e. The molecule has 1 amide bonds. The van der Waals surface area contributed by atoms with E-state index < -0.39 is 0 Å². The van der Waals surface area contributed by atoms with Gasteiger partial charge >= 0.3 is 0 Å². The molecule has 0 saturated heterocycles. The van der Waals surface area contributed by atoms with E-state index >= 15 is 0 Å². The zero-order valence-corrected chi connectivity index (χ0v) is 12.9. The fourth-order valence-corrected chi connectivity index (χ4v) is 2.47. The largest absolute Gasteiger partial charge is 0.273 e. The number of hydrazone groups is 1. The Morgan fingerprint density at radius 2 is 1.95 bits per heavy atom. The molecule has 1 aliphatic carbocycles. The van der Waals surface area contributed by atoms with E-state index in [0.717, 1.165) is 32.1 Å². The van der Waals surface area contributed by atoms with E-state index in [2.05, 4.69) is 29.6 Å². The van der Waals surface area contributed by atoms with Crippen LogP contribution in [0.5, 0.6) is 0 Å². The van der Waals surface area contributed by atoms with Crippen LogP contribution in [0, 0.1) is 5.92 Å². The first kappa shape index (κ1) is 16.9. The van der Waals surface area contributed by atoms with E-state index in [-0.39, 0.29) is 5.91 Å². The Hall–Kier alpha value is -1.12. The minimum atomic E-state index is 0.0566. The van der Waals surface area contributed by atoms with Gasteiger partial charge < -0.3 is 0 Å². The maximum absolute atomic E-state index is 11.6. The van der Waals surface area contributed by atoms with Gasteiger partial charge in [0.25, 0.3) is 0 Å². The number of carbonyl (C=O) groups is 1. The van der Waals surface area contributed by atoms with Gasteiger partial charge in [0.1, 0.15) is 0 Å². The Kier molecular flexibility index (Phi) is 9.89. The average Bonchev–Trinajstić information content (AvgIpc) is 2.47. The van der Waals surface area contributed by atoms with Crippen LogP contribution < -0.4 is 5.43 Å². The predicted molar refractivity (Wildman–Crippen MR) is 85.7 cm³/mol. The van der Waals surface area contributed by atoms with Gasteiger partial charge in [-0.1, -0.05) is 57.6 Å². The molecule has 0 aliphatic heterocycles. The van der Waals surface area contributed by atoms with Crippen molar-refractivity contribution < 1.29 is 4.79 Å². The lowest BCUT2D eigenvalue weighted by Gasteiger charge is -2.11. The van der Waals surface area contributed by atoms with E-state index in [1.807, 2.05) is 6.21 Å². The molecule has 0 aromatic rings. The zero-order chi connectivity index (χ0) is 14.5. The van der Waals surface area contributed by atoms with Gasteiger partial charge in [0.05, 0.1) is 0 Å². The monoisotopic (exact) mass is 278 g/mol. The number of nitrogens with one attached hydrogen (secondary N) is 1. The van der Waals surface area contributed by atoms with Crippen LogP contribution in [0.3, 0.4) is 0 Å². The van der Waals surface area contributed by atoms with Crippen LogP contribution in [0.25, 0.3) is 0 Å². The second-order valence-electron chi connectivity index (χ2n) is 5.73. The van der Waals surface area contributed by atoms with E-state index in [0.29, 0.717) is 12.3 Å². The van der Waals surface area contributed by atoms with Crippen LogP contribution in [0.1, 0.15) is 77.6 Å². The summed E-state index contributed by atoms with van der Waals surface area (Å²) in [5.41, 5.74) is 2.65. The SMILES string of the molecule is CCCCCCCCCC(=O)N/N=C/C1CC=CCC1. The van der Waals surface area contributed by atoms with Crippen molar-refractivity contribution in [3.63, 3.8) is 0 Å². The molecule has 0 radical (unpaired) electrons. The number of hydrogen-bond acceptors (Lipinski definition) is 2. The summed E-state index contributed by atoms with van der Waals surface area (Å²) in [6.45, 7) is 2.23. The van der Waals surface area contributed by atoms with Crippen molar-refractivity contribution >= 4 is 12.1 Å². The molecule has 1 unspecified atom stereocenters. The van der Waals surface area contributed by atoms with Gasteiger partial charge in [-0.25, -0.2) is 5.43 Å². The second kappa shape index (κ2) is 11.7. The highest BCUT2D eigenvalue weighted by Gasteiger charge is 2.06. The van der Waals surface area contributed by atoms with Crippen molar-refractivity contribution in [2.75, 3.05) is 0 Å². The van der Waals surface area contributed by atoms with Crippen LogP contribution in [0.4, 0.5) is 0 Å². The molecule has 3 nitrogen and oxygen atoms in total. The van der Waals surface area contributed by atoms with Crippen LogP contribution >= 0.6 is 0 Å². The summed E-state index contributed by atoms with van der Waals surface area (Å²) < 4.78 is 0. The fraction of sp³-hybridized carbons (Fsp3) is 0.765. The van der Waals surface area contributed by atoms with E-state index in [1.54, 1.807) is 0 Å². The maximum Gasteiger partial charge on any atom is 0.240 e. The normalized spacial score (nSPS) is 18.6. The summed E-state index contributed by atoms with van der Waals surface area (Å²) in [6, 6.07) is 0. The summed E-state index contributed by atoms with van der Waals surface area (Å²) in [4.78, 5) is 11.6. The molecule has 0 bridgehead atoms. The molecule has 1 aliphatic rings. The Labute approximate surface area is 123 Å². The van der Waals surface area contributed by atoms with E-state index in [9.17, 15) is 4.79 Å². The number of amides is 1. The molecule has 3 heteroatoms. The molecule has 0 aromatic carbocycles. The highest BCUT2D eigenvalue weighted by Crippen LogP contribution is 2.15. The summed E-state index contributed by atoms with van der Waals surface area (Å²) in [7, 11) is 0. The Morgan fingerprint density at radius 3 is 2.65 bits per heavy atom. The lowest BCUT2D eigenvalue weighted by molar-refractivity contribution is -0.121. The summed E-state index contributed by atoms with van der Waals surface area (Å²) in [5, 5.41) is 4.08. The van der Waals surface area contributed by atoms with E-state index in [4.69, 9.17) is 0 Å². The topological polar surface area (TPSA) is 41.5 Å². The van der Waals surface area contributed by atoms with Gasteiger partial charge in [-0.15, -0.1) is 0 Å². The fourth-order valence-electron chi connectivity index (χ4n) is 2.47. The first-order valence-electron chi connectivity index (χ1n) is 8.30. The molecule has 0 aromatic heterocycles. The number of carbonyl (C=O) groups excluding carboxylic acids is 1. The van der Waals surface area contributed by atoms with Crippen LogP contribution in [-0.4, -0.2) is 12.1 Å². The highest BCUT2D eigenvalue weighted by molar-refractivity contribution is 5.76. The third kappa shape index (κ3) is 8.89. The van der Waals surface area contributed by atoms with Gasteiger partial charge in [-0.3, -0.25) is 4.79 Å². The van der Waals surface area contributed by atoms with Gasteiger partial charge in [0, 0.05) is 12.6 Å². The molecular formula is C17H30N2O. The molecule has 20 heavy (non-hydrogen) atoms. The lowest BCUT2D eigenvalue weighted by atomic mass is 9.96. The number of nitrogens with zero attached hydrogens (tertiary/aromatic N) is 1. The minimum absolute atomic E-state index is 0.0566. The summed E-state index contributed by atoms with van der Waals surface area (Å²) >= 11 is 0. The third-order valence-corrected chi connectivity index (χ3v) is 3.79. The van der Waals surface area contributed by atoms with Gasteiger partial charge in [0.2, 0.25) is 5.91 Å². The second-order valence-corrected chi connectivity index (χ2v) is 5.73. The summed E-state index contributed by atoms with van der Waals surface area (Å²) in [6.07, 6.45) is 18.9. The summed E-state index contributed by atoms with van der Waals surface area (Å²) in [5.74, 6) is 0.556. The van der Waals surface area contributed by atoms with Gasteiger partial charge in [-0.2, -0.15) is 5.10 Å². The number of hydrogen-bond donors (Lipinski definition) is 1. The molecule has 0 heterocycles.